The monoisotopic (exact) mass is 641 g/mol. The van der Waals surface area contributed by atoms with Crippen molar-refractivity contribution in [2.24, 2.45) is 0 Å². The van der Waals surface area contributed by atoms with Crippen molar-refractivity contribution in [1.82, 2.24) is 4.90 Å². The lowest BCUT2D eigenvalue weighted by Crippen LogP contribution is -2.51. The Morgan fingerprint density at radius 2 is 1.50 bits per heavy atom. The predicted molar refractivity (Wildman–Crippen MR) is 180 cm³/mol. The molecule has 0 N–H and O–H groups in total. The number of hydrogen-bond acceptors (Lipinski definition) is 7. The molecule has 0 heterocycles. The fraction of sp³-hybridized carbons (Fsp3) is 0.786. The average molecular weight is 642 g/mol. The van der Waals surface area contributed by atoms with Crippen molar-refractivity contribution in [3.05, 3.63) is 17.2 Å². The summed E-state index contributed by atoms with van der Waals surface area (Å²) < 4.78 is 28.9. The van der Waals surface area contributed by atoms with Gasteiger partial charge in [-0.1, -0.05) is 50.4 Å². The highest BCUT2D eigenvalue weighted by molar-refractivity contribution is 6.76. The van der Waals surface area contributed by atoms with Crippen LogP contribution in [-0.4, -0.2) is 119 Å². The van der Waals surface area contributed by atoms with Gasteiger partial charge >= 0.3 is 18.1 Å². The molecule has 40 heavy (non-hydrogen) atoms. The van der Waals surface area contributed by atoms with Gasteiger partial charge in [-0.2, -0.15) is 0 Å². The molecule has 0 saturated heterocycles. The van der Waals surface area contributed by atoms with E-state index in [1.54, 1.807) is 51.5 Å². The van der Waals surface area contributed by atoms with Gasteiger partial charge in [-0.25, -0.2) is 0 Å². The molecule has 0 bridgehead atoms. The maximum absolute atomic E-state index is 6.02. The molecule has 0 aromatic heterocycles. The maximum Gasteiger partial charge on any atom is 0.507 e. The minimum absolute atomic E-state index is 0.0472. The molecule has 0 aliphatic heterocycles. The van der Waals surface area contributed by atoms with E-state index in [-0.39, 0.29) is 5.54 Å². The zero-order chi connectivity index (χ0) is 30.5. The summed E-state index contributed by atoms with van der Waals surface area (Å²) in [5.41, 5.74) is 4.46. The lowest BCUT2D eigenvalue weighted by atomic mass is 10.0. The van der Waals surface area contributed by atoms with Crippen LogP contribution >= 0.6 is 0 Å². The molecule has 7 nitrogen and oxygen atoms in total. The molecule has 1 unspecified atom stereocenters. The van der Waals surface area contributed by atoms with E-state index < -0.39 is 35.7 Å². The second-order valence-corrected chi connectivity index (χ2v) is 22.4. The minimum Gasteiger partial charge on any atom is -0.397 e. The van der Waals surface area contributed by atoms with Crippen molar-refractivity contribution in [1.29, 1.82) is 0 Å². The first kappa shape index (κ1) is 37.9. The molecule has 0 amide bonds. The number of anilines is 1. The third-order valence-electron chi connectivity index (χ3n) is 7.72. The van der Waals surface area contributed by atoms with Gasteiger partial charge in [0.2, 0.25) is 0 Å². The smallest absolute Gasteiger partial charge is 0.397 e. The van der Waals surface area contributed by atoms with Crippen molar-refractivity contribution in [3.8, 4) is 0 Å². The van der Waals surface area contributed by atoms with Crippen LogP contribution in [0.2, 0.25) is 38.3 Å². The highest BCUT2D eigenvalue weighted by atomic mass is 28.4. The Kier molecular flexibility index (Phi) is 18.2. The summed E-state index contributed by atoms with van der Waals surface area (Å²) >= 11 is 0. The number of benzene rings is 1. The van der Waals surface area contributed by atoms with Crippen LogP contribution in [0, 0.1) is 0 Å². The highest BCUT2D eigenvalue weighted by Gasteiger charge is 2.47. The van der Waals surface area contributed by atoms with Crippen molar-refractivity contribution >= 4 is 61.3 Å². The number of nitrogens with zero attached hydrogens (tertiary/aromatic N) is 2. The molecule has 0 aliphatic rings. The normalized spacial score (nSPS) is 13.3. The summed E-state index contributed by atoms with van der Waals surface area (Å²) in [5.74, 6) is 0. The summed E-state index contributed by atoms with van der Waals surface area (Å²) in [6, 6.07) is 4.79. The van der Waals surface area contributed by atoms with E-state index in [9.17, 15) is 0 Å². The average Bonchev–Trinajstić information content (AvgIpc) is 2.94. The van der Waals surface area contributed by atoms with Crippen LogP contribution in [0.3, 0.4) is 0 Å². The van der Waals surface area contributed by atoms with E-state index in [0.29, 0.717) is 0 Å². The molecular weight excluding hydrogens is 585 g/mol. The molecule has 1 aromatic rings. The lowest BCUT2D eigenvalue weighted by molar-refractivity contribution is 0.114. The summed E-state index contributed by atoms with van der Waals surface area (Å²) in [4.78, 5) is 5.04. The van der Waals surface area contributed by atoms with Crippen molar-refractivity contribution in [2.75, 3.05) is 73.3 Å². The summed E-state index contributed by atoms with van der Waals surface area (Å²) in [6.45, 7) is 19.7. The van der Waals surface area contributed by atoms with Gasteiger partial charge in [0.1, 0.15) is 0 Å². The van der Waals surface area contributed by atoms with Gasteiger partial charge in [-0.3, -0.25) is 0 Å². The molecule has 0 saturated carbocycles. The maximum atomic E-state index is 6.02. The van der Waals surface area contributed by atoms with E-state index in [2.05, 4.69) is 69.9 Å². The Labute approximate surface area is 255 Å². The second-order valence-electron chi connectivity index (χ2n) is 10.7. The van der Waals surface area contributed by atoms with Gasteiger partial charge in [0.15, 0.2) is 0 Å². The molecule has 0 spiro atoms. The fourth-order valence-corrected chi connectivity index (χ4v) is 12.9. The molecule has 0 aliphatic carbocycles. The van der Waals surface area contributed by atoms with Crippen molar-refractivity contribution in [2.45, 2.75) is 77.4 Å². The lowest BCUT2D eigenvalue weighted by Gasteiger charge is -2.37. The van der Waals surface area contributed by atoms with Gasteiger partial charge in [0.25, 0.3) is 0 Å². The quantitative estimate of drug-likeness (QED) is 0.150. The first-order valence-electron chi connectivity index (χ1n) is 14.6. The van der Waals surface area contributed by atoms with Crippen LogP contribution < -0.4 is 15.3 Å². The fourth-order valence-electron chi connectivity index (χ4n) is 5.50. The number of rotatable bonds is 21. The topological polar surface area (TPSA) is 52.6 Å². The molecule has 229 valence electrons. The van der Waals surface area contributed by atoms with Crippen LogP contribution in [0.5, 0.6) is 0 Å². The zero-order valence-corrected chi connectivity index (χ0v) is 32.7. The van der Waals surface area contributed by atoms with Gasteiger partial charge in [0.05, 0.1) is 32.7 Å². The van der Waals surface area contributed by atoms with Gasteiger partial charge < -0.3 is 31.9 Å². The third kappa shape index (κ3) is 9.96. The third-order valence-corrected chi connectivity index (χ3v) is 16.9. The van der Waals surface area contributed by atoms with Crippen LogP contribution in [0.25, 0.3) is 0 Å². The van der Waals surface area contributed by atoms with Gasteiger partial charge in [-0.05, 0) is 68.8 Å². The minimum atomic E-state index is -2.89. The highest BCUT2D eigenvalue weighted by Crippen LogP contribution is 2.35. The summed E-state index contributed by atoms with van der Waals surface area (Å²) in [6.07, 6.45) is 3.44. The van der Waals surface area contributed by atoms with E-state index in [0.717, 1.165) is 54.2 Å². The van der Waals surface area contributed by atoms with E-state index in [1.807, 2.05) is 0 Å². The standard InChI is InChI=1S/C28H57N2O5Si5/c1-14-30(15-2)27-25(23(3)40(33-7,34-8)35-9)21-26(37(10)11)24(28(27)38(12)13)17-19-36-22-29(4)18-16-20-39(31-5)32-6/h21,23H,14-20,22H2,1-13H3. The Hall–Kier alpha value is -0.136. The van der Waals surface area contributed by atoms with Crippen LogP contribution in [0.15, 0.2) is 6.07 Å². The molecule has 1 rings (SSSR count). The number of hydrogen-bond donors (Lipinski definition) is 0. The molecule has 12 heteroatoms. The van der Waals surface area contributed by atoms with E-state index >= 15 is 0 Å². The molecule has 1 aromatic carbocycles. The van der Waals surface area contributed by atoms with Gasteiger partial charge in [0, 0.05) is 54.3 Å². The Morgan fingerprint density at radius 3 is 1.95 bits per heavy atom. The zero-order valence-electron chi connectivity index (χ0n) is 27.7. The van der Waals surface area contributed by atoms with E-state index in [4.69, 9.17) is 22.1 Å². The van der Waals surface area contributed by atoms with Crippen molar-refractivity contribution in [3.63, 3.8) is 0 Å². The molecule has 1 atom stereocenters. The van der Waals surface area contributed by atoms with Crippen LogP contribution in [0.4, 0.5) is 5.69 Å². The molecule has 5 radical (unpaired) electrons. The van der Waals surface area contributed by atoms with Crippen molar-refractivity contribution < 1.29 is 22.1 Å². The van der Waals surface area contributed by atoms with Crippen LogP contribution in [-0.2, 0) is 28.6 Å². The Bertz CT molecular complexity index is 845. The van der Waals surface area contributed by atoms with Gasteiger partial charge in [-0.15, -0.1) is 0 Å². The first-order valence-corrected chi connectivity index (χ1v) is 24.3. The molecule has 0 fully saturated rings. The van der Waals surface area contributed by atoms with E-state index in [1.165, 1.54) is 17.3 Å². The Morgan fingerprint density at radius 1 is 0.925 bits per heavy atom. The second kappa shape index (κ2) is 19.2. The SMILES string of the molecule is CCN(CC)c1c(C(C)[Si](OC)(OC)OC)cc([Si](C)C)c(CC[Si]CN(C)CCC[Si](OC)OC)c1[Si](C)C. The predicted octanol–water partition coefficient (Wildman–Crippen LogP) is 3.70. The summed E-state index contributed by atoms with van der Waals surface area (Å²) in [7, 11) is 6.49. The first-order chi connectivity index (χ1) is 19.0. The van der Waals surface area contributed by atoms with Crippen LogP contribution in [0.1, 0.15) is 43.9 Å². The Balaban J connectivity index is 3.40. The summed E-state index contributed by atoms with van der Waals surface area (Å²) in [5, 5.41) is 3.21. The molecular formula is C28H57N2O5Si5. The largest absolute Gasteiger partial charge is 0.507 e.